The molecule has 3 rings (SSSR count). The van der Waals surface area contributed by atoms with Crippen LogP contribution < -0.4 is 5.32 Å². The van der Waals surface area contributed by atoms with Gasteiger partial charge in [-0.15, -0.1) is 0 Å². The second-order valence-electron chi connectivity index (χ2n) is 5.91. The van der Waals surface area contributed by atoms with Crippen LogP contribution >= 0.6 is 0 Å². The molecular formula is C16H25N5. The van der Waals surface area contributed by atoms with Crippen molar-refractivity contribution in [2.45, 2.75) is 40.0 Å². The highest BCUT2D eigenvalue weighted by Crippen LogP contribution is 2.18. The zero-order valence-corrected chi connectivity index (χ0v) is 13.3. The molecule has 5 heteroatoms. The lowest BCUT2D eigenvalue weighted by Crippen LogP contribution is -2.26. The number of hydrogen-bond acceptors (Lipinski definition) is 4. The summed E-state index contributed by atoms with van der Waals surface area (Å²) >= 11 is 0. The number of aromatic nitrogens is 3. The van der Waals surface area contributed by atoms with Crippen molar-refractivity contribution in [3.05, 3.63) is 23.0 Å². The first kappa shape index (κ1) is 14.3. The quantitative estimate of drug-likeness (QED) is 0.917. The molecule has 0 aliphatic carbocycles. The van der Waals surface area contributed by atoms with Gasteiger partial charge in [0.2, 0.25) is 0 Å². The van der Waals surface area contributed by atoms with E-state index >= 15 is 0 Å². The third-order valence-corrected chi connectivity index (χ3v) is 4.40. The molecule has 0 radical (unpaired) electrons. The number of rotatable bonds is 5. The van der Waals surface area contributed by atoms with E-state index in [1.165, 1.54) is 31.5 Å². The summed E-state index contributed by atoms with van der Waals surface area (Å²) in [6.07, 6.45) is 3.63. The van der Waals surface area contributed by atoms with Gasteiger partial charge in [0, 0.05) is 30.4 Å². The van der Waals surface area contributed by atoms with Crippen LogP contribution in [0.15, 0.2) is 6.07 Å². The number of likely N-dealkylation sites (tertiary alicyclic amines) is 1. The SMILES string of the molecule is CCc1cc(NCCN2CCCC2)n2nc(C)c(C)c2n1. The Morgan fingerprint density at radius 3 is 2.71 bits per heavy atom. The van der Waals surface area contributed by atoms with Crippen molar-refractivity contribution < 1.29 is 0 Å². The first-order chi connectivity index (χ1) is 10.2. The van der Waals surface area contributed by atoms with Crippen LogP contribution in [0.1, 0.15) is 36.7 Å². The molecule has 114 valence electrons. The molecule has 0 amide bonds. The van der Waals surface area contributed by atoms with E-state index < -0.39 is 0 Å². The van der Waals surface area contributed by atoms with Crippen molar-refractivity contribution in [2.75, 3.05) is 31.5 Å². The molecular weight excluding hydrogens is 262 g/mol. The Morgan fingerprint density at radius 2 is 2.00 bits per heavy atom. The Morgan fingerprint density at radius 1 is 1.24 bits per heavy atom. The van der Waals surface area contributed by atoms with Crippen molar-refractivity contribution in [1.29, 1.82) is 0 Å². The molecule has 0 saturated carbocycles. The fourth-order valence-electron chi connectivity index (χ4n) is 2.93. The zero-order chi connectivity index (χ0) is 14.8. The van der Waals surface area contributed by atoms with Crippen LogP contribution in [0.25, 0.3) is 5.65 Å². The standard InChI is InChI=1S/C16H25N5/c1-4-14-11-15(17-7-10-20-8-5-6-9-20)21-16(18-14)12(2)13(3)19-21/h11,17H,4-10H2,1-3H3. The molecule has 0 bridgehead atoms. The number of nitrogens with one attached hydrogen (secondary N) is 1. The molecule has 0 atom stereocenters. The van der Waals surface area contributed by atoms with Crippen LogP contribution in [0.3, 0.4) is 0 Å². The summed E-state index contributed by atoms with van der Waals surface area (Å²) in [6.45, 7) is 10.8. The van der Waals surface area contributed by atoms with Gasteiger partial charge in [0.05, 0.1) is 5.69 Å². The van der Waals surface area contributed by atoms with Gasteiger partial charge in [-0.25, -0.2) is 4.98 Å². The van der Waals surface area contributed by atoms with Gasteiger partial charge in [0.1, 0.15) is 5.82 Å². The summed E-state index contributed by atoms with van der Waals surface area (Å²) in [4.78, 5) is 7.23. The molecule has 21 heavy (non-hydrogen) atoms. The predicted molar refractivity (Wildman–Crippen MR) is 86.0 cm³/mol. The second kappa shape index (κ2) is 6.02. The van der Waals surface area contributed by atoms with Crippen LogP contribution in [0.4, 0.5) is 5.82 Å². The maximum Gasteiger partial charge on any atom is 0.160 e. The molecule has 0 spiro atoms. The van der Waals surface area contributed by atoms with Gasteiger partial charge in [-0.3, -0.25) is 0 Å². The van der Waals surface area contributed by atoms with Crippen molar-refractivity contribution in [3.63, 3.8) is 0 Å². The minimum atomic E-state index is 0.945. The molecule has 1 saturated heterocycles. The Kier molecular flexibility index (Phi) is 4.10. The van der Waals surface area contributed by atoms with E-state index in [-0.39, 0.29) is 0 Å². The number of anilines is 1. The maximum absolute atomic E-state index is 4.71. The summed E-state index contributed by atoms with van der Waals surface area (Å²) in [5, 5.41) is 8.17. The van der Waals surface area contributed by atoms with Crippen LogP contribution in [0.2, 0.25) is 0 Å². The number of nitrogens with zero attached hydrogens (tertiary/aromatic N) is 4. The molecule has 3 heterocycles. The van der Waals surface area contributed by atoms with Crippen molar-refractivity contribution in [2.24, 2.45) is 0 Å². The van der Waals surface area contributed by atoms with Crippen molar-refractivity contribution in [1.82, 2.24) is 19.5 Å². The smallest absolute Gasteiger partial charge is 0.160 e. The van der Waals surface area contributed by atoms with E-state index in [9.17, 15) is 0 Å². The molecule has 1 fully saturated rings. The van der Waals surface area contributed by atoms with Gasteiger partial charge in [-0.2, -0.15) is 9.61 Å². The fourth-order valence-corrected chi connectivity index (χ4v) is 2.93. The molecule has 1 aliphatic heterocycles. The van der Waals surface area contributed by atoms with Crippen LogP contribution in [-0.4, -0.2) is 45.7 Å². The van der Waals surface area contributed by atoms with Gasteiger partial charge in [0.25, 0.3) is 0 Å². The van der Waals surface area contributed by atoms with Crippen molar-refractivity contribution >= 4 is 11.5 Å². The predicted octanol–water partition coefficient (Wildman–Crippen LogP) is 2.42. The Balaban J connectivity index is 1.80. The highest BCUT2D eigenvalue weighted by molar-refractivity contribution is 5.56. The molecule has 0 aromatic carbocycles. The van der Waals surface area contributed by atoms with E-state index in [0.29, 0.717) is 0 Å². The number of fused-ring (bicyclic) bond motifs is 1. The minimum absolute atomic E-state index is 0.945. The zero-order valence-electron chi connectivity index (χ0n) is 13.3. The van der Waals surface area contributed by atoms with Gasteiger partial charge >= 0.3 is 0 Å². The minimum Gasteiger partial charge on any atom is -0.369 e. The van der Waals surface area contributed by atoms with Crippen molar-refractivity contribution in [3.8, 4) is 0 Å². The monoisotopic (exact) mass is 287 g/mol. The third kappa shape index (κ3) is 2.88. The van der Waals surface area contributed by atoms with E-state index in [1.54, 1.807) is 0 Å². The first-order valence-corrected chi connectivity index (χ1v) is 8.01. The fraction of sp³-hybridized carbons (Fsp3) is 0.625. The largest absolute Gasteiger partial charge is 0.369 e. The average molecular weight is 287 g/mol. The summed E-state index contributed by atoms with van der Waals surface area (Å²) in [5.41, 5.74) is 4.33. The summed E-state index contributed by atoms with van der Waals surface area (Å²) < 4.78 is 1.95. The van der Waals surface area contributed by atoms with E-state index in [0.717, 1.165) is 42.4 Å². The van der Waals surface area contributed by atoms with Gasteiger partial charge in [-0.1, -0.05) is 6.92 Å². The third-order valence-electron chi connectivity index (χ3n) is 4.40. The highest BCUT2D eigenvalue weighted by Gasteiger charge is 2.13. The van der Waals surface area contributed by atoms with E-state index in [4.69, 9.17) is 4.98 Å². The Bertz CT molecular complexity index is 625. The maximum atomic E-state index is 4.71. The summed E-state index contributed by atoms with van der Waals surface area (Å²) in [7, 11) is 0. The molecule has 2 aromatic rings. The normalized spacial score (nSPS) is 16.0. The number of hydrogen-bond donors (Lipinski definition) is 1. The lowest BCUT2D eigenvalue weighted by molar-refractivity contribution is 0.352. The lowest BCUT2D eigenvalue weighted by atomic mass is 10.2. The van der Waals surface area contributed by atoms with Gasteiger partial charge in [0.15, 0.2) is 5.65 Å². The second-order valence-corrected chi connectivity index (χ2v) is 5.91. The average Bonchev–Trinajstić information content (AvgIpc) is 3.09. The van der Waals surface area contributed by atoms with E-state index in [1.807, 2.05) is 11.4 Å². The van der Waals surface area contributed by atoms with Gasteiger partial charge < -0.3 is 10.2 Å². The van der Waals surface area contributed by atoms with E-state index in [2.05, 4.69) is 35.2 Å². The molecule has 1 aliphatic rings. The summed E-state index contributed by atoms with van der Waals surface area (Å²) in [6, 6.07) is 2.13. The highest BCUT2D eigenvalue weighted by atomic mass is 15.3. The lowest BCUT2D eigenvalue weighted by Gasteiger charge is -2.16. The molecule has 1 N–H and O–H groups in total. The molecule has 2 aromatic heterocycles. The van der Waals surface area contributed by atoms with Crippen LogP contribution in [0, 0.1) is 13.8 Å². The first-order valence-electron chi connectivity index (χ1n) is 8.01. The van der Waals surface area contributed by atoms with Crippen LogP contribution in [-0.2, 0) is 6.42 Å². The summed E-state index contributed by atoms with van der Waals surface area (Å²) in [5.74, 6) is 1.06. The van der Waals surface area contributed by atoms with Crippen LogP contribution in [0.5, 0.6) is 0 Å². The molecule has 5 nitrogen and oxygen atoms in total. The number of aryl methyl sites for hydroxylation is 3. The molecule has 0 unspecified atom stereocenters. The Hall–Kier alpha value is -1.62. The Labute approximate surface area is 126 Å². The van der Waals surface area contributed by atoms with Gasteiger partial charge in [-0.05, 0) is 46.2 Å². The topological polar surface area (TPSA) is 45.5 Å².